The first-order valence-corrected chi connectivity index (χ1v) is 6.25. The molecule has 5 heteroatoms. The molecule has 0 radical (unpaired) electrons. The van der Waals surface area contributed by atoms with E-state index in [1.54, 1.807) is 10.8 Å². The molecule has 2 rings (SSSR count). The van der Waals surface area contributed by atoms with E-state index in [1.807, 2.05) is 0 Å². The molecule has 94 valence electrons. The van der Waals surface area contributed by atoms with Gasteiger partial charge in [-0.15, -0.1) is 0 Å². The van der Waals surface area contributed by atoms with Gasteiger partial charge in [0.1, 0.15) is 5.69 Å². The fourth-order valence-corrected chi connectivity index (χ4v) is 2.38. The van der Waals surface area contributed by atoms with Crippen LogP contribution in [-0.4, -0.2) is 28.4 Å². The van der Waals surface area contributed by atoms with Crippen molar-refractivity contribution in [2.75, 3.05) is 6.61 Å². The van der Waals surface area contributed by atoms with E-state index in [1.165, 1.54) is 12.5 Å². The second-order valence-electron chi connectivity index (χ2n) is 4.32. The quantitative estimate of drug-likeness (QED) is 0.902. The van der Waals surface area contributed by atoms with Crippen molar-refractivity contribution in [2.24, 2.45) is 0 Å². The lowest BCUT2D eigenvalue weighted by Crippen LogP contribution is -2.21. The molecule has 1 atom stereocenters. The molecule has 1 aromatic heterocycles. The Labute approximate surface area is 105 Å². The Morgan fingerprint density at radius 3 is 3.06 bits per heavy atom. The number of hydrogen-bond acceptors (Lipinski definition) is 2. The molecule has 0 aliphatic carbocycles. The van der Waals surface area contributed by atoms with Crippen LogP contribution in [0.15, 0.2) is 12.3 Å². The van der Waals surface area contributed by atoms with Gasteiger partial charge in [-0.05, 0) is 31.7 Å². The van der Waals surface area contributed by atoms with Gasteiger partial charge >= 0.3 is 5.97 Å². The summed E-state index contributed by atoms with van der Waals surface area (Å²) in [4.78, 5) is 11.0. The number of rotatable bonds is 4. The van der Waals surface area contributed by atoms with Gasteiger partial charge in [-0.25, -0.2) is 4.79 Å². The van der Waals surface area contributed by atoms with Crippen LogP contribution in [0.1, 0.15) is 36.2 Å². The average molecular weight is 258 g/mol. The lowest BCUT2D eigenvalue weighted by atomic mass is 10.1. The minimum atomic E-state index is -0.943. The molecule has 0 spiro atoms. The SMILES string of the molecule is O=C(O)c1cc(Cl)cn1CCC1CCCCO1. The van der Waals surface area contributed by atoms with Crippen molar-refractivity contribution in [3.05, 3.63) is 23.0 Å². The lowest BCUT2D eigenvalue weighted by Gasteiger charge is -2.22. The van der Waals surface area contributed by atoms with Crippen LogP contribution in [0.4, 0.5) is 0 Å². The number of hydrogen-bond donors (Lipinski definition) is 1. The van der Waals surface area contributed by atoms with E-state index in [0.717, 1.165) is 25.9 Å². The van der Waals surface area contributed by atoms with E-state index >= 15 is 0 Å². The summed E-state index contributed by atoms with van der Waals surface area (Å²) in [6, 6.07) is 1.48. The summed E-state index contributed by atoms with van der Waals surface area (Å²) in [7, 11) is 0. The van der Waals surface area contributed by atoms with E-state index in [0.29, 0.717) is 11.6 Å². The largest absolute Gasteiger partial charge is 0.477 e. The van der Waals surface area contributed by atoms with E-state index in [9.17, 15) is 4.79 Å². The Bertz CT molecular complexity index is 396. The predicted molar refractivity (Wildman–Crippen MR) is 64.6 cm³/mol. The molecule has 2 heterocycles. The summed E-state index contributed by atoms with van der Waals surface area (Å²) in [5.74, 6) is -0.943. The molecule has 1 N–H and O–H groups in total. The molecule has 4 nitrogen and oxygen atoms in total. The highest BCUT2D eigenvalue weighted by Crippen LogP contribution is 2.19. The molecule has 1 unspecified atom stereocenters. The Morgan fingerprint density at radius 2 is 2.41 bits per heavy atom. The van der Waals surface area contributed by atoms with Crippen LogP contribution in [-0.2, 0) is 11.3 Å². The van der Waals surface area contributed by atoms with Gasteiger partial charge in [0.25, 0.3) is 0 Å². The van der Waals surface area contributed by atoms with Gasteiger partial charge < -0.3 is 14.4 Å². The molecule has 0 bridgehead atoms. The minimum absolute atomic E-state index is 0.241. The third-order valence-electron chi connectivity index (χ3n) is 3.05. The maximum Gasteiger partial charge on any atom is 0.352 e. The third-order valence-corrected chi connectivity index (χ3v) is 3.25. The van der Waals surface area contributed by atoms with Crippen LogP contribution in [0.5, 0.6) is 0 Å². The van der Waals surface area contributed by atoms with Gasteiger partial charge in [0.05, 0.1) is 11.1 Å². The number of carboxylic acid groups (broad SMARTS) is 1. The number of aryl methyl sites for hydroxylation is 1. The number of aromatic carboxylic acids is 1. The van der Waals surface area contributed by atoms with Crippen molar-refractivity contribution < 1.29 is 14.6 Å². The number of carboxylic acids is 1. The van der Waals surface area contributed by atoms with E-state index in [4.69, 9.17) is 21.4 Å². The first kappa shape index (κ1) is 12.5. The first-order valence-electron chi connectivity index (χ1n) is 5.87. The maximum absolute atomic E-state index is 11.0. The summed E-state index contributed by atoms with van der Waals surface area (Å²) in [5, 5.41) is 9.47. The highest BCUT2D eigenvalue weighted by molar-refractivity contribution is 6.30. The topological polar surface area (TPSA) is 51.5 Å². The van der Waals surface area contributed by atoms with Gasteiger partial charge in [0.2, 0.25) is 0 Å². The second kappa shape index (κ2) is 5.56. The number of aromatic nitrogens is 1. The summed E-state index contributed by atoms with van der Waals surface area (Å²) in [6.07, 6.45) is 6.15. The molecule has 0 aromatic carbocycles. The van der Waals surface area contributed by atoms with E-state index in [-0.39, 0.29) is 11.8 Å². The van der Waals surface area contributed by atoms with Crippen molar-refractivity contribution in [3.63, 3.8) is 0 Å². The Kier molecular flexibility index (Phi) is 4.07. The van der Waals surface area contributed by atoms with Crippen LogP contribution in [0, 0.1) is 0 Å². The first-order chi connectivity index (χ1) is 8.16. The number of nitrogens with zero attached hydrogens (tertiary/aromatic N) is 1. The highest BCUT2D eigenvalue weighted by Gasteiger charge is 2.16. The van der Waals surface area contributed by atoms with E-state index < -0.39 is 5.97 Å². The van der Waals surface area contributed by atoms with Crippen LogP contribution >= 0.6 is 11.6 Å². The fraction of sp³-hybridized carbons (Fsp3) is 0.583. The predicted octanol–water partition coefficient (Wildman–Crippen LogP) is 2.80. The normalized spacial score (nSPS) is 20.4. The number of carbonyl (C=O) groups is 1. The Hall–Kier alpha value is -1.00. The fourth-order valence-electron chi connectivity index (χ4n) is 2.16. The summed E-state index contributed by atoms with van der Waals surface area (Å²) >= 11 is 5.82. The van der Waals surface area contributed by atoms with Gasteiger partial charge in [0.15, 0.2) is 0 Å². The average Bonchev–Trinajstić information content (AvgIpc) is 2.69. The molecule has 0 amide bonds. The minimum Gasteiger partial charge on any atom is -0.477 e. The van der Waals surface area contributed by atoms with Gasteiger partial charge in [-0.2, -0.15) is 0 Å². The molecular weight excluding hydrogens is 242 g/mol. The Morgan fingerprint density at radius 1 is 1.59 bits per heavy atom. The van der Waals surface area contributed by atoms with Crippen molar-refractivity contribution in [2.45, 2.75) is 38.3 Å². The van der Waals surface area contributed by atoms with Crippen molar-refractivity contribution in [1.82, 2.24) is 4.57 Å². The molecule has 1 saturated heterocycles. The third kappa shape index (κ3) is 3.23. The zero-order valence-electron chi connectivity index (χ0n) is 9.56. The molecule has 1 aliphatic rings. The number of ether oxygens (including phenoxy) is 1. The number of halogens is 1. The zero-order chi connectivity index (χ0) is 12.3. The zero-order valence-corrected chi connectivity index (χ0v) is 10.3. The second-order valence-corrected chi connectivity index (χ2v) is 4.76. The van der Waals surface area contributed by atoms with Crippen LogP contribution in [0.2, 0.25) is 5.02 Å². The smallest absolute Gasteiger partial charge is 0.352 e. The molecule has 17 heavy (non-hydrogen) atoms. The van der Waals surface area contributed by atoms with E-state index in [2.05, 4.69) is 0 Å². The summed E-state index contributed by atoms with van der Waals surface area (Å²) in [6.45, 7) is 1.46. The van der Waals surface area contributed by atoms with Crippen LogP contribution in [0.3, 0.4) is 0 Å². The van der Waals surface area contributed by atoms with Crippen LogP contribution in [0.25, 0.3) is 0 Å². The van der Waals surface area contributed by atoms with Gasteiger partial charge in [-0.1, -0.05) is 11.6 Å². The molecule has 1 fully saturated rings. The lowest BCUT2D eigenvalue weighted by molar-refractivity contribution is 0.00860. The van der Waals surface area contributed by atoms with Crippen molar-refractivity contribution >= 4 is 17.6 Å². The van der Waals surface area contributed by atoms with Crippen molar-refractivity contribution in [1.29, 1.82) is 0 Å². The standard InChI is InChI=1S/C12H16ClNO3/c13-9-7-11(12(15)16)14(8-9)5-4-10-3-1-2-6-17-10/h7-8,10H,1-6H2,(H,15,16). The Balaban J connectivity index is 1.95. The van der Waals surface area contributed by atoms with Crippen molar-refractivity contribution in [3.8, 4) is 0 Å². The summed E-state index contributed by atoms with van der Waals surface area (Å²) < 4.78 is 7.30. The van der Waals surface area contributed by atoms with Crippen LogP contribution < -0.4 is 0 Å². The monoisotopic (exact) mass is 257 g/mol. The molecule has 1 aromatic rings. The molecule has 0 saturated carbocycles. The molecule has 1 aliphatic heterocycles. The maximum atomic E-state index is 11.0. The van der Waals surface area contributed by atoms with Gasteiger partial charge in [0, 0.05) is 19.3 Å². The summed E-state index contributed by atoms with van der Waals surface area (Å²) in [5.41, 5.74) is 0.241. The van der Waals surface area contributed by atoms with Gasteiger partial charge in [-0.3, -0.25) is 0 Å². The highest BCUT2D eigenvalue weighted by atomic mass is 35.5. The molecular formula is C12H16ClNO3.